The molecule has 3 aromatic rings. The maximum Gasteiger partial charge on any atom is 0.274 e. The Morgan fingerprint density at radius 2 is 1.94 bits per heavy atom. The summed E-state index contributed by atoms with van der Waals surface area (Å²) in [6, 6.07) is 9.18. The van der Waals surface area contributed by atoms with Crippen LogP contribution in [0.3, 0.4) is 0 Å². The molecule has 9 heteroatoms. The van der Waals surface area contributed by atoms with Crippen molar-refractivity contribution in [1.82, 2.24) is 19.8 Å². The number of hydrogen-bond donors (Lipinski definition) is 1. The lowest BCUT2D eigenvalue weighted by atomic mass is 9.95. The van der Waals surface area contributed by atoms with E-state index in [1.165, 1.54) is 0 Å². The first-order valence-electron chi connectivity index (χ1n) is 10.2. The SMILES string of the molecule is COc1ccc(C)cc1-n1ccc(C(=O)N2CCC(C(=O)Nc3cc(C)on3)CC2)n1. The topological polar surface area (TPSA) is 102 Å². The van der Waals surface area contributed by atoms with E-state index in [0.29, 0.717) is 49.0 Å². The van der Waals surface area contributed by atoms with Crippen LogP contribution in [-0.4, -0.2) is 51.9 Å². The van der Waals surface area contributed by atoms with Crippen LogP contribution in [0.25, 0.3) is 5.69 Å². The van der Waals surface area contributed by atoms with Gasteiger partial charge < -0.3 is 19.5 Å². The van der Waals surface area contributed by atoms with E-state index in [-0.39, 0.29) is 17.7 Å². The molecule has 0 aliphatic carbocycles. The van der Waals surface area contributed by atoms with Crippen molar-refractivity contribution in [3.05, 3.63) is 53.5 Å². The molecule has 1 aliphatic heterocycles. The summed E-state index contributed by atoms with van der Waals surface area (Å²) in [6.07, 6.45) is 2.92. The molecule has 1 aromatic carbocycles. The van der Waals surface area contributed by atoms with Crippen molar-refractivity contribution < 1.29 is 18.8 Å². The summed E-state index contributed by atoms with van der Waals surface area (Å²) in [5.41, 5.74) is 2.21. The smallest absolute Gasteiger partial charge is 0.274 e. The molecular weight excluding hydrogens is 398 g/mol. The summed E-state index contributed by atoms with van der Waals surface area (Å²) < 4.78 is 12.0. The van der Waals surface area contributed by atoms with Crippen LogP contribution in [0.1, 0.15) is 34.7 Å². The van der Waals surface area contributed by atoms with E-state index < -0.39 is 0 Å². The van der Waals surface area contributed by atoms with Gasteiger partial charge in [-0.3, -0.25) is 9.59 Å². The molecule has 0 atom stereocenters. The average molecular weight is 423 g/mol. The molecule has 1 aliphatic rings. The van der Waals surface area contributed by atoms with Gasteiger partial charge in [0.1, 0.15) is 17.2 Å². The van der Waals surface area contributed by atoms with Gasteiger partial charge in [-0.15, -0.1) is 0 Å². The number of aryl methyl sites for hydroxylation is 2. The van der Waals surface area contributed by atoms with Crippen molar-refractivity contribution in [3.8, 4) is 11.4 Å². The van der Waals surface area contributed by atoms with Crippen LogP contribution in [0.4, 0.5) is 5.82 Å². The number of methoxy groups -OCH3 is 1. The second-order valence-corrected chi connectivity index (χ2v) is 7.70. The minimum atomic E-state index is -0.171. The molecule has 9 nitrogen and oxygen atoms in total. The number of ether oxygens (including phenoxy) is 1. The number of rotatable bonds is 5. The number of piperidine rings is 1. The Morgan fingerprint density at radius 3 is 2.61 bits per heavy atom. The molecule has 0 unspecified atom stereocenters. The summed E-state index contributed by atoms with van der Waals surface area (Å²) in [5, 5.41) is 11.0. The Bertz CT molecular complexity index is 1100. The van der Waals surface area contributed by atoms with Crippen LogP contribution in [0.5, 0.6) is 5.75 Å². The Kier molecular flexibility index (Phi) is 5.75. The van der Waals surface area contributed by atoms with E-state index in [4.69, 9.17) is 9.26 Å². The van der Waals surface area contributed by atoms with Crippen LogP contribution in [0.2, 0.25) is 0 Å². The van der Waals surface area contributed by atoms with Gasteiger partial charge in [0.2, 0.25) is 5.91 Å². The predicted molar refractivity (Wildman–Crippen MR) is 113 cm³/mol. The summed E-state index contributed by atoms with van der Waals surface area (Å²) in [4.78, 5) is 27.1. The van der Waals surface area contributed by atoms with E-state index in [9.17, 15) is 9.59 Å². The van der Waals surface area contributed by atoms with E-state index in [0.717, 1.165) is 11.3 Å². The highest BCUT2D eigenvalue weighted by molar-refractivity contribution is 5.94. The fraction of sp³-hybridized carbons (Fsp3) is 0.364. The molecule has 1 saturated heterocycles. The van der Waals surface area contributed by atoms with Crippen molar-refractivity contribution in [3.63, 3.8) is 0 Å². The van der Waals surface area contributed by atoms with Gasteiger partial charge in [-0.05, 0) is 50.5 Å². The second-order valence-electron chi connectivity index (χ2n) is 7.70. The minimum absolute atomic E-state index is 0.101. The summed E-state index contributed by atoms with van der Waals surface area (Å²) in [6.45, 7) is 4.75. The maximum absolute atomic E-state index is 12.9. The fourth-order valence-electron chi connectivity index (χ4n) is 3.71. The molecule has 0 bridgehead atoms. The molecule has 1 fully saturated rings. The number of hydrogen-bond acceptors (Lipinski definition) is 6. The Morgan fingerprint density at radius 1 is 1.16 bits per heavy atom. The number of carbonyl (C=O) groups excluding carboxylic acids is 2. The molecule has 0 radical (unpaired) electrons. The Labute approximate surface area is 180 Å². The van der Waals surface area contributed by atoms with Crippen LogP contribution in [0, 0.1) is 19.8 Å². The first-order valence-corrected chi connectivity index (χ1v) is 10.2. The van der Waals surface area contributed by atoms with Gasteiger partial charge in [-0.1, -0.05) is 11.2 Å². The van der Waals surface area contributed by atoms with Crippen LogP contribution >= 0.6 is 0 Å². The molecular formula is C22H25N5O4. The van der Waals surface area contributed by atoms with E-state index in [2.05, 4.69) is 15.6 Å². The number of benzene rings is 1. The third kappa shape index (κ3) is 4.45. The fourth-order valence-corrected chi connectivity index (χ4v) is 3.71. The zero-order valence-electron chi connectivity index (χ0n) is 17.8. The molecule has 1 N–H and O–H groups in total. The number of amides is 2. The van der Waals surface area contributed by atoms with Gasteiger partial charge >= 0.3 is 0 Å². The summed E-state index contributed by atoms with van der Waals surface area (Å²) in [5.74, 6) is 1.32. The lowest BCUT2D eigenvalue weighted by Crippen LogP contribution is -2.41. The average Bonchev–Trinajstić information content (AvgIpc) is 3.42. The highest BCUT2D eigenvalue weighted by Gasteiger charge is 2.29. The second kappa shape index (κ2) is 8.63. The van der Waals surface area contributed by atoms with Crippen molar-refractivity contribution >= 4 is 17.6 Å². The summed E-state index contributed by atoms with van der Waals surface area (Å²) >= 11 is 0. The quantitative estimate of drug-likeness (QED) is 0.677. The first kappa shape index (κ1) is 20.6. The van der Waals surface area contributed by atoms with Gasteiger partial charge in [0, 0.05) is 31.3 Å². The van der Waals surface area contributed by atoms with E-state index in [1.807, 2.05) is 25.1 Å². The van der Waals surface area contributed by atoms with Crippen molar-refractivity contribution in [2.45, 2.75) is 26.7 Å². The number of likely N-dealkylation sites (tertiary alicyclic amines) is 1. The third-order valence-corrected chi connectivity index (χ3v) is 5.42. The van der Waals surface area contributed by atoms with Crippen molar-refractivity contribution in [2.24, 2.45) is 5.92 Å². The normalized spacial score (nSPS) is 14.5. The van der Waals surface area contributed by atoms with Gasteiger partial charge in [0.15, 0.2) is 11.5 Å². The molecule has 4 rings (SSSR count). The monoisotopic (exact) mass is 423 g/mol. The lowest BCUT2D eigenvalue weighted by molar-refractivity contribution is -0.121. The lowest BCUT2D eigenvalue weighted by Gasteiger charge is -2.30. The zero-order valence-corrected chi connectivity index (χ0v) is 17.8. The molecule has 2 aromatic heterocycles. The van der Waals surface area contributed by atoms with Crippen molar-refractivity contribution in [1.29, 1.82) is 0 Å². The van der Waals surface area contributed by atoms with E-state index >= 15 is 0 Å². The standard InChI is InChI=1S/C22H25N5O4/c1-14-4-5-19(30-3)18(12-14)27-11-8-17(24-27)22(29)26-9-6-16(7-10-26)21(28)23-20-13-15(2)31-25-20/h4-5,8,11-13,16H,6-7,9-10H2,1-3H3,(H,23,25,28). The van der Waals surface area contributed by atoms with Crippen LogP contribution in [-0.2, 0) is 4.79 Å². The minimum Gasteiger partial charge on any atom is -0.494 e. The Hall–Kier alpha value is -3.62. The molecule has 2 amide bonds. The van der Waals surface area contributed by atoms with Gasteiger partial charge in [0.25, 0.3) is 5.91 Å². The molecule has 0 spiro atoms. The maximum atomic E-state index is 12.9. The molecule has 0 saturated carbocycles. The molecule has 31 heavy (non-hydrogen) atoms. The van der Waals surface area contributed by atoms with Gasteiger partial charge in [0.05, 0.1) is 7.11 Å². The van der Waals surface area contributed by atoms with Crippen LogP contribution < -0.4 is 10.1 Å². The van der Waals surface area contributed by atoms with Gasteiger partial charge in [-0.2, -0.15) is 5.10 Å². The highest BCUT2D eigenvalue weighted by atomic mass is 16.5. The number of nitrogens with one attached hydrogen (secondary N) is 1. The molecule has 162 valence electrons. The van der Waals surface area contributed by atoms with Crippen molar-refractivity contribution in [2.75, 3.05) is 25.5 Å². The number of anilines is 1. The summed E-state index contributed by atoms with van der Waals surface area (Å²) in [7, 11) is 1.60. The Balaban J connectivity index is 1.38. The van der Waals surface area contributed by atoms with Crippen LogP contribution in [0.15, 0.2) is 41.1 Å². The number of carbonyl (C=O) groups is 2. The number of nitrogens with zero attached hydrogens (tertiary/aromatic N) is 4. The first-order chi connectivity index (χ1) is 14.9. The van der Waals surface area contributed by atoms with Gasteiger partial charge in [-0.25, -0.2) is 4.68 Å². The zero-order chi connectivity index (χ0) is 22.0. The largest absolute Gasteiger partial charge is 0.494 e. The number of aromatic nitrogens is 3. The molecule has 3 heterocycles. The predicted octanol–water partition coefficient (Wildman–Crippen LogP) is 2.98. The third-order valence-electron chi connectivity index (χ3n) is 5.42. The highest BCUT2D eigenvalue weighted by Crippen LogP contribution is 2.24. The van der Waals surface area contributed by atoms with E-state index in [1.54, 1.807) is 41.9 Å².